The number of nitrogens with one attached hydrogen (secondary N) is 1. The highest BCUT2D eigenvalue weighted by Gasteiger charge is 2.30. The van der Waals surface area contributed by atoms with Crippen LogP contribution in [0.25, 0.3) is 16.9 Å². The molecule has 0 saturated heterocycles. The first kappa shape index (κ1) is 17.6. The van der Waals surface area contributed by atoms with Gasteiger partial charge in [0, 0.05) is 17.7 Å². The second kappa shape index (κ2) is 6.72. The van der Waals surface area contributed by atoms with E-state index in [1.807, 2.05) is 0 Å². The Hall–Kier alpha value is -2.83. The molecule has 3 aromatic rings. The molecule has 2 aromatic carbocycles. The normalized spacial score (nSPS) is 14.4. The minimum atomic E-state index is -4.39. The lowest BCUT2D eigenvalue weighted by Gasteiger charge is -2.11. The maximum atomic E-state index is 14.3. The molecule has 0 bridgehead atoms. The van der Waals surface area contributed by atoms with Crippen LogP contribution in [0.3, 0.4) is 0 Å². The van der Waals surface area contributed by atoms with Gasteiger partial charge < -0.3 is 5.32 Å². The summed E-state index contributed by atoms with van der Waals surface area (Å²) in [5.41, 5.74) is 1.58. The summed E-state index contributed by atoms with van der Waals surface area (Å²) in [5.74, 6) is 0.340. The SMILES string of the molecule is Fc1ccccc1-c1nn(-c2ccc(C(F)(F)F)cc2)c2c1CCCCN2. The van der Waals surface area contributed by atoms with Crippen LogP contribution in [-0.4, -0.2) is 16.3 Å². The monoisotopic (exact) mass is 375 g/mol. The van der Waals surface area contributed by atoms with Gasteiger partial charge in [0.05, 0.1) is 11.3 Å². The van der Waals surface area contributed by atoms with Crippen molar-refractivity contribution in [2.45, 2.75) is 25.4 Å². The summed E-state index contributed by atoms with van der Waals surface area (Å²) in [4.78, 5) is 0. The zero-order chi connectivity index (χ0) is 19.0. The van der Waals surface area contributed by atoms with Gasteiger partial charge in [-0.05, 0) is 55.7 Å². The first-order valence-electron chi connectivity index (χ1n) is 8.73. The number of nitrogens with zero attached hydrogens (tertiary/aromatic N) is 2. The van der Waals surface area contributed by atoms with E-state index in [0.717, 1.165) is 43.5 Å². The number of halogens is 4. The second-order valence-corrected chi connectivity index (χ2v) is 6.50. The third-order valence-electron chi connectivity index (χ3n) is 4.70. The summed E-state index contributed by atoms with van der Waals surface area (Å²) in [7, 11) is 0. The molecule has 4 rings (SSSR count). The Labute approximate surface area is 153 Å². The lowest BCUT2D eigenvalue weighted by molar-refractivity contribution is -0.137. The minimum Gasteiger partial charge on any atom is -0.370 e. The van der Waals surface area contributed by atoms with Crippen molar-refractivity contribution in [1.29, 1.82) is 0 Å². The van der Waals surface area contributed by atoms with E-state index in [2.05, 4.69) is 10.4 Å². The lowest BCUT2D eigenvalue weighted by Crippen LogP contribution is -2.08. The quantitative estimate of drug-likeness (QED) is 0.604. The van der Waals surface area contributed by atoms with Crippen LogP contribution >= 0.6 is 0 Å². The van der Waals surface area contributed by atoms with Gasteiger partial charge in [0.1, 0.15) is 17.3 Å². The van der Waals surface area contributed by atoms with E-state index in [-0.39, 0.29) is 5.82 Å². The number of benzene rings is 2. The van der Waals surface area contributed by atoms with Gasteiger partial charge in [-0.3, -0.25) is 0 Å². The van der Waals surface area contributed by atoms with Gasteiger partial charge in [0.25, 0.3) is 0 Å². The molecule has 7 heteroatoms. The van der Waals surface area contributed by atoms with Crippen molar-refractivity contribution >= 4 is 5.82 Å². The molecule has 1 N–H and O–H groups in total. The summed E-state index contributed by atoms with van der Waals surface area (Å²) in [6.45, 7) is 0.732. The molecule has 1 aliphatic rings. The average Bonchev–Trinajstić information content (AvgIpc) is 2.83. The molecule has 0 aliphatic carbocycles. The second-order valence-electron chi connectivity index (χ2n) is 6.50. The Kier molecular flexibility index (Phi) is 4.37. The Morgan fingerprint density at radius 3 is 2.41 bits per heavy atom. The highest BCUT2D eigenvalue weighted by Crippen LogP contribution is 2.36. The highest BCUT2D eigenvalue weighted by molar-refractivity contribution is 5.71. The Balaban J connectivity index is 1.85. The van der Waals surface area contributed by atoms with Crippen molar-refractivity contribution in [3.05, 3.63) is 65.5 Å². The Bertz CT molecular complexity index is 958. The van der Waals surface area contributed by atoms with Crippen LogP contribution < -0.4 is 5.32 Å². The fourth-order valence-electron chi connectivity index (χ4n) is 3.35. The van der Waals surface area contributed by atoms with Crippen LogP contribution in [0.15, 0.2) is 48.5 Å². The topological polar surface area (TPSA) is 29.9 Å². The smallest absolute Gasteiger partial charge is 0.370 e. The van der Waals surface area contributed by atoms with Gasteiger partial charge >= 0.3 is 6.18 Å². The molecule has 1 aromatic heterocycles. The third kappa shape index (κ3) is 3.29. The molecular weight excluding hydrogens is 358 g/mol. The first-order valence-corrected chi connectivity index (χ1v) is 8.73. The summed E-state index contributed by atoms with van der Waals surface area (Å²) >= 11 is 0. The maximum absolute atomic E-state index is 14.3. The zero-order valence-electron chi connectivity index (χ0n) is 14.4. The van der Waals surface area contributed by atoms with Gasteiger partial charge in [-0.25, -0.2) is 9.07 Å². The lowest BCUT2D eigenvalue weighted by atomic mass is 10.0. The largest absolute Gasteiger partial charge is 0.416 e. The number of hydrogen-bond acceptors (Lipinski definition) is 2. The summed E-state index contributed by atoms with van der Waals surface area (Å²) < 4.78 is 54.4. The van der Waals surface area contributed by atoms with E-state index in [0.29, 0.717) is 22.8 Å². The molecule has 27 heavy (non-hydrogen) atoms. The van der Waals surface area contributed by atoms with Crippen LogP contribution in [0, 0.1) is 5.82 Å². The fourth-order valence-corrected chi connectivity index (χ4v) is 3.35. The molecule has 0 spiro atoms. The van der Waals surface area contributed by atoms with E-state index in [4.69, 9.17) is 0 Å². The molecule has 1 aliphatic heterocycles. The van der Waals surface area contributed by atoms with Crippen LogP contribution in [0.4, 0.5) is 23.4 Å². The van der Waals surface area contributed by atoms with E-state index in [1.165, 1.54) is 18.2 Å². The molecule has 140 valence electrons. The van der Waals surface area contributed by atoms with E-state index in [1.54, 1.807) is 22.9 Å². The van der Waals surface area contributed by atoms with Gasteiger partial charge in [-0.2, -0.15) is 18.3 Å². The van der Waals surface area contributed by atoms with Gasteiger partial charge in [-0.1, -0.05) is 12.1 Å². The standard InChI is InChI=1S/C20H17F4N3/c21-17-7-2-1-5-15(17)18-16-6-3-4-12-25-19(16)27(26-18)14-10-8-13(9-11-14)20(22,23)24/h1-2,5,7-11,25H,3-4,6,12H2. The summed E-state index contributed by atoms with van der Waals surface area (Å²) in [6.07, 6.45) is -1.78. The van der Waals surface area contributed by atoms with E-state index >= 15 is 0 Å². The van der Waals surface area contributed by atoms with Gasteiger partial charge in [-0.15, -0.1) is 0 Å². The number of alkyl halides is 3. The Morgan fingerprint density at radius 2 is 1.70 bits per heavy atom. The third-order valence-corrected chi connectivity index (χ3v) is 4.70. The van der Waals surface area contributed by atoms with Crippen molar-refractivity contribution in [1.82, 2.24) is 9.78 Å². The highest BCUT2D eigenvalue weighted by atomic mass is 19.4. The van der Waals surface area contributed by atoms with E-state index in [9.17, 15) is 17.6 Å². The van der Waals surface area contributed by atoms with Gasteiger partial charge in [0.2, 0.25) is 0 Å². The van der Waals surface area contributed by atoms with Crippen molar-refractivity contribution in [2.75, 3.05) is 11.9 Å². The summed E-state index contributed by atoms with van der Waals surface area (Å²) in [5, 5.41) is 7.86. The molecule has 3 nitrogen and oxygen atoms in total. The molecule has 0 fully saturated rings. The molecule has 0 unspecified atom stereocenters. The number of anilines is 1. The van der Waals surface area contributed by atoms with Crippen molar-refractivity contribution in [3.63, 3.8) is 0 Å². The summed E-state index contributed by atoms with van der Waals surface area (Å²) in [6, 6.07) is 11.2. The van der Waals surface area contributed by atoms with Crippen LogP contribution in [0.1, 0.15) is 24.0 Å². The predicted molar refractivity (Wildman–Crippen MR) is 95.4 cm³/mol. The predicted octanol–water partition coefficient (Wildman–Crippen LogP) is 5.45. The minimum absolute atomic E-state index is 0.374. The van der Waals surface area contributed by atoms with Crippen molar-refractivity contribution in [3.8, 4) is 16.9 Å². The average molecular weight is 375 g/mol. The molecule has 0 radical (unpaired) electrons. The molecule has 0 saturated carbocycles. The van der Waals surface area contributed by atoms with Gasteiger partial charge in [0.15, 0.2) is 0 Å². The molecule has 2 heterocycles. The molecule has 0 atom stereocenters. The fraction of sp³-hybridized carbons (Fsp3) is 0.250. The number of fused-ring (bicyclic) bond motifs is 1. The van der Waals surface area contributed by atoms with E-state index < -0.39 is 11.7 Å². The Morgan fingerprint density at radius 1 is 0.963 bits per heavy atom. The molecular formula is C20H17F4N3. The van der Waals surface area contributed by atoms with Crippen LogP contribution in [-0.2, 0) is 12.6 Å². The van der Waals surface area contributed by atoms with Crippen LogP contribution in [0.2, 0.25) is 0 Å². The zero-order valence-corrected chi connectivity index (χ0v) is 14.4. The van der Waals surface area contributed by atoms with Crippen molar-refractivity contribution in [2.24, 2.45) is 0 Å². The van der Waals surface area contributed by atoms with Crippen molar-refractivity contribution < 1.29 is 17.6 Å². The number of rotatable bonds is 2. The van der Waals surface area contributed by atoms with Crippen LogP contribution in [0.5, 0.6) is 0 Å². The first-order chi connectivity index (χ1) is 12.9. The maximum Gasteiger partial charge on any atom is 0.416 e. The number of hydrogen-bond donors (Lipinski definition) is 1. The number of aromatic nitrogens is 2. The molecule has 0 amide bonds.